The molecule has 0 saturated heterocycles. The molecule has 19 heavy (non-hydrogen) atoms. The van der Waals surface area contributed by atoms with Crippen molar-refractivity contribution in [3.63, 3.8) is 0 Å². The summed E-state index contributed by atoms with van der Waals surface area (Å²) in [5.74, 6) is 0.871. The van der Waals surface area contributed by atoms with Crippen molar-refractivity contribution in [2.45, 2.75) is 71.4 Å². The molecule has 0 heterocycles. The number of benzene rings is 1. The standard InChI is InChI=1S/C18H29N/c1-14-10-12-18(13-11-14)16(3)19-15(2)17-8-6-4-5-7-9-17/h10-13,15-17,19H,4-9H2,1-3H3/t15-,16?/m1/s1. The molecule has 0 aromatic heterocycles. The topological polar surface area (TPSA) is 12.0 Å². The Hall–Kier alpha value is -0.820. The highest BCUT2D eigenvalue weighted by molar-refractivity contribution is 5.23. The Kier molecular flexibility index (Phi) is 5.45. The predicted molar refractivity (Wildman–Crippen MR) is 83.4 cm³/mol. The normalized spacial score (nSPS) is 20.8. The lowest BCUT2D eigenvalue weighted by atomic mass is 9.92. The Balaban J connectivity index is 1.89. The molecular formula is C18H29N. The lowest BCUT2D eigenvalue weighted by Gasteiger charge is -2.27. The SMILES string of the molecule is Cc1ccc(C(C)N[C@H](C)C2CCCCCC2)cc1. The van der Waals surface area contributed by atoms with Gasteiger partial charge in [-0.3, -0.25) is 0 Å². The van der Waals surface area contributed by atoms with Crippen LogP contribution in [0.5, 0.6) is 0 Å². The van der Waals surface area contributed by atoms with E-state index >= 15 is 0 Å². The van der Waals surface area contributed by atoms with Crippen LogP contribution in [0.1, 0.15) is 69.5 Å². The molecule has 1 aliphatic rings. The van der Waals surface area contributed by atoms with E-state index in [9.17, 15) is 0 Å². The molecule has 0 amide bonds. The van der Waals surface area contributed by atoms with Gasteiger partial charge in [0.05, 0.1) is 0 Å². The van der Waals surface area contributed by atoms with Crippen LogP contribution in [-0.4, -0.2) is 6.04 Å². The molecule has 1 heteroatoms. The molecule has 106 valence electrons. The Morgan fingerprint density at radius 1 is 0.947 bits per heavy atom. The Morgan fingerprint density at radius 2 is 1.53 bits per heavy atom. The molecular weight excluding hydrogens is 230 g/mol. The van der Waals surface area contributed by atoms with E-state index < -0.39 is 0 Å². The molecule has 2 rings (SSSR count). The minimum atomic E-state index is 0.457. The second kappa shape index (κ2) is 7.09. The van der Waals surface area contributed by atoms with Gasteiger partial charge in [0.2, 0.25) is 0 Å². The van der Waals surface area contributed by atoms with Crippen LogP contribution in [0.4, 0.5) is 0 Å². The van der Waals surface area contributed by atoms with Crippen molar-refractivity contribution in [3.8, 4) is 0 Å². The molecule has 1 aromatic carbocycles. The van der Waals surface area contributed by atoms with Crippen molar-refractivity contribution in [2.75, 3.05) is 0 Å². The Morgan fingerprint density at radius 3 is 2.11 bits per heavy atom. The summed E-state index contributed by atoms with van der Waals surface area (Å²) in [6, 6.07) is 10.0. The summed E-state index contributed by atoms with van der Waals surface area (Å²) >= 11 is 0. The van der Waals surface area contributed by atoms with Gasteiger partial charge >= 0.3 is 0 Å². The molecule has 1 aliphatic carbocycles. The molecule has 0 bridgehead atoms. The first-order valence-corrected chi connectivity index (χ1v) is 7.99. The molecule has 2 atom stereocenters. The molecule has 1 saturated carbocycles. The van der Waals surface area contributed by atoms with Crippen LogP contribution >= 0.6 is 0 Å². The van der Waals surface area contributed by atoms with E-state index in [1.165, 1.54) is 49.7 Å². The lowest BCUT2D eigenvalue weighted by molar-refractivity contribution is 0.316. The van der Waals surface area contributed by atoms with E-state index in [1.807, 2.05) is 0 Å². The first-order chi connectivity index (χ1) is 9.16. The van der Waals surface area contributed by atoms with Crippen LogP contribution in [0.15, 0.2) is 24.3 Å². The summed E-state index contributed by atoms with van der Waals surface area (Å²) in [6.07, 6.45) is 8.56. The van der Waals surface area contributed by atoms with Crippen LogP contribution in [0.3, 0.4) is 0 Å². The van der Waals surface area contributed by atoms with Crippen molar-refractivity contribution < 1.29 is 0 Å². The zero-order valence-corrected chi connectivity index (χ0v) is 12.8. The zero-order chi connectivity index (χ0) is 13.7. The molecule has 1 unspecified atom stereocenters. The van der Waals surface area contributed by atoms with Gasteiger partial charge in [-0.15, -0.1) is 0 Å². The van der Waals surface area contributed by atoms with Crippen LogP contribution < -0.4 is 5.32 Å². The number of nitrogens with one attached hydrogen (secondary N) is 1. The third-order valence-corrected chi connectivity index (χ3v) is 4.70. The number of hydrogen-bond acceptors (Lipinski definition) is 1. The van der Waals surface area contributed by atoms with Gasteiger partial charge in [-0.2, -0.15) is 0 Å². The lowest BCUT2D eigenvalue weighted by Crippen LogP contribution is -2.35. The molecule has 0 aliphatic heterocycles. The molecule has 1 N–H and O–H groups in total. The van der Waals surface area contributed by atoms with Crippen molar-refractivity contribution >= 4 is 0 Å². The third-order valence-electron chi connectivity index (χ3n) is 4.70. The van der Waals surface area contributed by atoms with E-state index in [2.05, 4.69) is 50.4 Å². The first-order valence-electron chi connectivity index (χ1n) is 7.99. The summed E-state index contributed by atoms with van der Waals surface area (Å²) in [6.45, 7) is 6.81. The maximum atomic E-state index is 3.81. The average Bonchev–Trinajstić information content (AvgIpc) is 2.68. The third kappa shape index (κ3) is 4.35. The van der Waals surface area contributed by atoms with Crippen molar-refractivity contribution in [2.24, 2.45) is 5.92 Å². The highest BCUT2D eigenvalue weighted by atomic mass is 14.9. The predicted octanol–water partition coefficient (Wildman–Crippen LogP) is 5.00. The number of hydrogen-bond donors (Lipinski definition) is 1. The molecule has 0 radical (unpaired) electrons. The first kappa shape index (κ1) is 14.6. The zero-order valence-electron chi connectivity index (χ0n) is 12.8. The summed E-state index contributed by atoms with van der Waals surface area (Å²) in [5, 5.41) is 3.81. The maximum absolute atomic E-state index is 3.81. The quantitative estimate of drug-likeness (QED) is 0.750. The van der Waals surface area contributed by atoms with Gasteiger partial charge in [0.1, 0.15) is 0 Å². The van der Waals surface area contributed by atoms with Gasteiger partial charge in [0, 0.05) is 12.1 Å². The van der Waals surface area contributed by atoms with Crippen LogP contribution in [0.25, 0.3) is 0 Å². The van der Waals surface area contributed by atoms with Crippen LogP contribution in [0.2, 0.25) is 0 Å². The van der Waals surface area contributed by atoms with Gasteiger partial charge < -0.3 is 5.32 Å². The molecule has 1 fully saturated rings. The van der Waals surface area contributed by atoms with Crippen molar-refractivity contribution in [1.82, 2.24) is 5.32 Å². The fourth-order valence-electron chi connectivity index (χ4n) is 3.29. The largest absolute Gasteiger partial charge is 0.307 e. The minimum absolute atomic E-state index is 0.457. The molecule has 0 spiro atoms. The Labute approximate surface area is 118 Å². The average molecular weight is 259 g/mol. The van der Waals surface area contributed by atoms with Crippen molar-refractivity contribution in [1.29, 1.82) is 0 Å². The van der Waals surface area contributed by atoms with Gasteiger partial charge in [-0.25, -0.2) is 0 Å². The highest BCUT2D eigenvalue weighted by Crippen LogP contribution is 2.26. The van der Waals surface area contributed by atoms with E-state index in [0.717, 1.165) is 5.92 Å². The number of aryl methyl sites for hydroxylation is 1. The fourth-order valence-corrected chi connectivity index (χ4v) is 3.29. The summed E-state index contributed by atoms with van der Waals surface area (Å²) in [7, 11) is 0. The van der Waals surface area contributed by atoms with Crippen molar-refractivity contribution in [3.05, 3.63) is 35.4 Å². The van der Waals surface area contributed by atoms with Crippen LogP contribution in [0, 0.1) is 12.8 Å². The highest BCUT2D eigenvalue weighted by Gasteiger charge is 2.20. The Bertz CT molecular complexity index is 360. The second-order valence-corrected chi connectivity index (χ2v) is 6.34. The van der Waals surface area contributed by atoms with Gasteiger partial charge in [0.15, 0.2) is 0 Å². The van der Waals surface area contributed by atoms with E-state index in [1.54, 1.807) is 0 Å². The van der Waals surface area contributed by atoms with E-state index in [4.69, 9.17) is 0 Å². The fraction of sp³-hybridized carbons (Fsp3) is 0.667. The van der Waals surface area contributed by atoms with Gasteiger partial charge in [-0.05, 0) is 45.1 Å². The summed E-state index contributed by atoms with van der Waals surface area (Å²) in [4.78, 5) is 0. The second-order valence-electron chi connectivity index (χ2n) is 6.34. The van der Waals surface area contributed by atoms with E-state index in [0.29, 0.717) is 12.1 Å². The minimum Gasteiger partial charge on any atom is -0.307 e. The summed E-state index contributed by atoms with van der Waals surface area (Å²) < 4.78 is 0. The van der Waals surface area contributed by atoms with E-state index in [-0.39, 0.29) is 0 Å². The summed E-state index contributed by atoms with van der Waals surface area (Å²) in [5.41, 5.74) is 2.75. The smallest absolute Gasteiger partial charge is 0.0294 e. The monoisotopic (exact) mass is 259 g/mol. The van der Waals surface area contributed by atoms with Gasteiger partial charge in [-0.1, -0.05) is 55.5 Å². The number of rotatable bonds is 4. The van der Waals surface area contributed by atoms with Crippen LogP contribution in [-0.2, 0) is 0 Å². The molecule has 1 aromatic rings. The maximum Gasteiger partial charge on any atom is 0.0294 e. The molecule has 1 nitrogen and oxygen atoms in total. The van der Waals surface area contributed by atoms with Gasteiger partial charge in [0.25, 0.3) is 0 Å².